The monoisotopic (exact) mass is 459 g/mol. The first-order valence-electron chi connectivity index (χ1n) is 10.3. The molecule has 0 bridgehead atoms. The molecule has 2 aliphatic heterocycles. The number of fused-ring (bicyclic) bond motifs is 2. The predicted molar refractivity (Wildman–Crippen MR) is 121 cm³/mol. The molecule has 8 nitrogen and oxygen atoms in total. The molecule has 1 fully saturated rings. The van der Waals surface area contributed by atoms with Crippen LogP contribution in [0.2, 0.25) is 5.02 Å². The van der Waals surface area contributed by atoms with E-state index in [-0.39, 0.29) is 18.2 Å². The zero-order chi connectivity index (χ0) is 23.2. The van der Waals surface area contributed by atoms with Gasteiger partial charge in [-0.3, -0.25) is 14.9 Å². The van der Waals surface area contributed by atoms with Crippen LogP contribution in [0, 0.1) is 12.8 Å². The summed E-state index contributed by atoms with van der Waals surface area (Å²) < 4.78 is 10.6. The summed E-state index contributed by atoms with van der Waals surface area (Å²) in [5.41, 5.74) is 1.02. The lowest BCUT2D eigenvalue weighted by Gasteiger charge is -2.30. The minimum absolute atomic E-state index is 0.258. The van der Waals surface area contributed by atoms with Gasteiger partial charge in [0.05, 0.1) is 42.6 Å². The van der Waals surface area contributed by atoms with Crippen LogP contribution in [0.1, 0.15) is 24.5 Å². The lowest BCUT2D eigenvalue weighted by atomic mass is 9.79. The van der Waals surface area contributed by atoms with Crippen LogP contribution in [0.15, 0.2) is 30.3 Å². The van der Waals surface area contributed by atoms with E-state index in [0.717, 1.165) is 5.56 Å². The maximum atomic E-state index is 13.6. The molecule has 0 saturated carbocycles. The molecule has 0 aliphatic carbocycles. The molecule has 32 heavy (non-hydrogen) atoms. The van der Waals surface area contributed by atoms with Gasteiger partial charge in [-0.15, -0.1) is 0 Å². The molecule has 2 heterocycles. The highest BCUT2D eigenvalue weighted by molar-refractivity contribution is 6.35. The van der Waals surface area contributed by atoms with E-state index in [1.807, 2.05) is 13.0 Å². The Bertz CT molecular complexity index is 1090. The Kier molecular flexibility index (Phi) is 5.79. The summed E-state index contributed by atoms with van der Waals surface area (Å²) in [5, 5.41) is 19.7. The van der Waals surface area contributed by atoms with Gasteiger partial charge in [0.15, 0.2) is 0 Å². The molecule has 0 aromatic heterocycles. The molecule has 9 heteroatoms. The molecule has 2 aromatic carbocycles. The second-order valence-electron chi connectivity index (χ2n) is 8.27. The van der Waals surface area contributed by atoms with E-state index < -0.39 is 23.6 Å². The zero-order valence-corrected chi connectivity index (χ0v) is 19.0. The number of methoxy groups -OCH3 is 2. The summed E-state index contributed by atoms with van der Waals surface area (Å²) in [7, 11) is 3.04. The number of nitrogens with one attached hydrogen (secondary N) is 3. The molecule has 2 amide bonds. The number of ether oxygens (including phenoxy) is 2. The van der Waals surface area contributed by atoms with Crippen LogP contribution >= 0.6 is 11.6 Å². The van der Waals surface area contributed by atoms with E-state index in [4.69, 9.17) is 21.1 Å². The Morgan fingerprint density at radius 2 is 2.03 bits per heavy atom. The first kappa shape index (κ1) is 22.4. The number of aliphatic hydroxyl groups is 1. The van der Waals surface area contributed by atoms with Gasteiger partial charge in [0.2, 0.25) is 11.8 Å². The Morgan fingerprint density at radius 1 is 1.28 bits per heavy atom. The van der Waals surface area contributed by atoms with Crippen molar-refractivity contribution in [1.29, 1.82) is 0 Å². The Hall–Kier alpha value is -2.81. The molecule has 2 aromatic rings. The van der Waals surface area contributed by atoms with Crippen molar-refractivity contribution in [3.8, 4) is 11.5 Å². The van der Waals surface area contributed by atoms with Gasteiger partial charge < -0.3 is 25.2 Å². The van der Waals surface area contributed by atoms with Crippen molar-refractivity contribution in [2.45, 2.75) is 38.0 Å². The summed E-state index contributed by atoms with van der Waals surface area (Å²) in [6, 6.07) is 8.22. The number of aryl methyl sites for hydroxylation is 1. The maximum Gasteiger partial charge on any atom is 0.250 e. The van der Waals surface area contributed by atoms with Crippen LogP contribution < -0.4 is 25.4 Å². The fraction of sp³-hybridized carbons (Fsp3) is 0.391. The van der Waals surface area contributed by atoms with Crippen molar-refractivity contribution >= 4 is 34.8 Å². The first-order chi connectivity index (χ1) is 15.2. The van der Waals surface area contributed by atoms with Crippen molar-refractivity contribution in [3.05, 3.63) is 46.5 Å². The summed E-state index contributed by atoms with van der Waals surface area (Å²) in [5.74, 6) is -0.555. The summed E-state index contributed by atoms with van der Waals surface area (Å²) in [6.07, 6.45) is -0.512. The molecule has 170 valence electrons. The molecule has 0 radical (unpaired) electrons. The average Bonchev–Trinajstić information content (AvgIpc) is 3.29. The van der Waals surface area contributed by atoms with Crippen LogP contribution in [0.5, 0.6) is 11.5 Å². The average molecular weight is 460 g/mol. The van der Waals surface area contributed by atoms with Crippen LogP contribution in [-0.4, -0.2) is 43.3 Å². The van der Waals surface area contributed by atoms with Gasteiger partial charge in [-0.05, 0) is 44.0 Å². The number of halogens is 1. The fourth-order valence-electron chi connectivity index (χ4n) is 4.64. The molecular weight excluding hydrogens is 434 g/mol. The van der Waals surface area contributed by atoms with Gasteiger partial charge in [0, 0.05) is 17.7 Å². The zero-order valence-electron chi connectivity index (χ0n) is 18.3. The first-order valence-corrected chi connectivity index (χ1v) is 10.7. The molecule has 4 atom stereocenters. The van der Waals surface area contributed by atoms with Crippen LogP contribution in [0.3, 0.4) is 0 Å². The van der Waals surface area contributed by atoms with Gasteiger partial charge in [-0.25, -0.2) is 0 Å². The highest BCUT2D eigenvalue weighted by Gasteiger charge is 2.61. The molecule has 1 spiro atoms. The molecule has 1 saturated heterocycles. The number of hydrogen-bond acceptors (Lipinski definition) is 6. The largest absolute Gasteiger partial charge is 0.497 e. The van der Waals surface area contributed by atoms with Crippen molar-refractivity contribution in [2.75, 3.05) is 24.9 Å². The highest BCUT2D eigenvalue weighted by atomic mass is 35.5. The van der Waals surface area contributed by atoms with Crippen molar-refractivity contribution < 1.29 is 24.2 Å². The van der Waals surface area contributed by atoms with E-state index in [0.29, 0.717) is 33.5 Å². The summed E-state index contributed by atoms with van der Waals surface area (Å²) in [4.78, 5) is 26.9. The number of benzene rings is 2. The van der Waals surface area contributed by atoms with Crippen molar-refractivity contribution in [3.63, 3.8) is 0 Å². The van der Waals surface area contributed by atoms with Gasteiger partial charge in [-0.2, -0.15) is 0 Å². The Balaban J connectivity index is 1.78. The topological polar surface area (TPSA) is 109 Å². The standard InChI is InChI=1S/C23H26ClN3O5/c1-11-7-14-20(16(24)8-11)26-22(30)23(14)15(10-17(27-23)12(2)28)21(29)25-18-9-13(31-3)5-6-19(18)32-4/h5-9,12,15,17,27-28H,10H2,1-4H3,(H,25,29)(H,26,30)/t12-,15+,17+,23-/m0/s1. The van der Waals surface area contributed by atoms with Crippen LogP contribution in [0.25, 0.3) is 0 Å². The third kappa shape index (κ3) is 3.48. The second kappa shape index (κ2) is 8.27. The quantitative estimate of drug-likeness (QED) is 0.547. The Labute approximate surface area is 191 Å². The minimum Gasteiger partial charge on any atom is -0.497 e. The van der Waals surface area contributed by atoms with E-state index >= 15 is 0 Å². The Morgan fingerprint density at radius 3 is 2.69 bits per heavy atom. The number of hydrogen-bond donors (Lipinski definition) is 4. The van der Waals surface area contributed by atoms with Crippen molar-refractivity contribution in [1.82, 2.24) is 5.32 Å². The van der Waals surface area contributed by atoms with E-state index in [1.165, 1.54) is 14.2 Å². The van der Waals surface area contributed by atoms with Gasteiger partial charge in [-0.1, -0.05) is 17.7 Å². The number of aliphatic hydroxyl groups excluding tert-OH is 1. The number of amides is 2. The van der Waals surface area contributed by atoms with Crippen LogP contribution in [-0.2, 0) is 15.1 Å². The maximum absolute atomic E-state index is 13.6. The third-order valence-corrected chi connectivity index (χ3v) is 6.54. The fourth-order valence-corrected chi connectivity index (χ4v) is 4.96. The lowest BCUT2D eigenvalue weighted by molar-refractivity contribution is -0.130. The predicted octanol–water partition coefficient (Wildman–Crippen LogP) is 2.81. The SMILES string of the molecule is COc1ccc(OC)c(NC(=O)[C@H]2C[C@H]([C@H](C)O)N[C@]23C(=O)Nc2c(Cl)cc(C)cc23)c1. The number of anilines is 2. The van der Waals surface area contributed by atoms with Crippen molar-refractivity contribution in [2.24, 2.45) is 5.92 Å². The highest BCUT2D eigenvalue weighted by Crippen LogP contribution is 2.50. The number of carbonyl (C=O) groups is 2. The van der Waals surface area contributed by atoms with Gasteiger partial charge in [0.1, 0.15) is 17.0 Å². The van der Waals surface area contributed by atoms with Crippen LogP contribution in [0.4, 0.5) is 11.4 Å². The minimum atomic E-state index is -1.36. The number of rotatable bonds is 5. The molecule has 2 aliphatic rings. The van der Waals surface area contributed by atoms with E-state index in [2.05, 4.69) is 16.0 Å². The van der Waals surface area contributed by atoms with E-state index in [9.17, 15) is 14.7 Å². The van der Waals surface area contributed by atoms with Gasteiger partial charge >= 0.3 is 0 Å². The lowest BCUT2D eigenvalue weighted by Crippen LogP contribution is -2.53. The van der Waals surface area contributed by atoms with E-state index in [1.54, 1.807) is 31.2 Å². The molecule has 4 N–H and O–H groups in total. The smallest absolute Gasteiger partial charge is 0.250 e. The number of carbonyl (C=O) groups excluding carboxylic acids is 2. The molecule has 4 rings (SSSR count). The van der Waals surface area contributed by atoms with Gasteiger partial charge in [0.25, 0.3) is 0 Å². The molecule has 0 unspecified atom stereocenters. The third-order valence-electron chi connectivity index (χ3n) is 6.24. The summed E-state index contributed by atoms with van der Waals surface area (Å²) in [6.45, 7) is 3.51. The molecular formula is C23H26ClN3O5. The second-order valence-corrected chi connectivity index (χ2v) is 8.67. The summed E-state index contributed by atoms with van der Waals surface area (Å²) >= 11 is 6.41. The normalized spacial score (nSPS) is 24.8.